The lowest BCUT2D eigenvalue weighted by molar-refractivity contribution is -0.0403. The van der Waals surface area contributed by atoms with Gasteiger partial charge in [0.2, 0.25) is 0 Å². The van der Waals surface area contributed by atoms with Crippen LogP contribution in [-0.2, 0) is 4.74 Å². The second-order valence-electron chi connectivity index (χ2n) is 4.26. The van der Waals surface area contributed by atoms with E-state index >= 15 is 0 Å². The van der Waals surface area contributed by atoms with E-state index < -0.39 is 0 Å². The number of benzene rings is 1. The fraction of sp³-hybridized carbons (Fsp3) is 0.500. The lowest BCUT2D eigenvalue weighted by Crippen LogP contribution is -2.42. The summed E-state index contributed by atoms with van der Waals surface area (Å²) < 4.78 is 11.2. The third-order valence-electron chi connectivity index (χ3n) is 2.72. The van der Waals surface area contributed by atoms with E-state index in [0.717, 1.165) is 19.7 Å². The van der Waals surface area contributed by atoms with E-state index in [4.69, 9.17) is 26.8 Å². The Hall–Kier alpha value is -0.970. The van der Waals surface area contributed by atoms with Gasteiger partial charge in [-0.25, -0.2) is 0 Å². The molecule has 0 aromatic heterocycles. The Bertz CT molecular complexity index is 387. The van der Waals surface area contributed by atoms with Crippen molar-refractivity contribution >= 4 is 17.3 Å². The molecule has 4 nitrogen and oxygen atoms in total. The Morgan fingerprint density at radius 2 is 2.41 bits per heavy atom. The minimum absolute atomic E-state index is 0.0994. The maximum absolute atomic E-state index is 6.02. The Morgan fingerprint density at radius 1 is 1.59 bits per heavy atom. The van der Waals surface area contributed by atoms with Crippen LogP contribution in [0.1, 0.15) is 0 Å². The molecule has 1 aromatic rings. The van der Waals surface area contributed by atoms with Crippen LogP contribution in [0.4, 0.5) is 5.69 Å². The van der Waals surface area contributed by atoms with Crippen LogP contribution < -0.4 is 10.5 Å². The molecule has 2 rings (SSSR count). The van der Waals surface area contributed by atoms with Gasteiger partial charge >= 0.3 is 0 Å². The van der Waals surface area contributed by atoms with Crippen molar-refractivity contribution in [2.75, 3.05) is 39.1 Å². The summed E-state index contributed by atoms with van der Waals surface area (Å²) in [5.74, 6) is 0.651. The SMILES string of the molecule is CN1CCOC(COc2ccc(N)cc2Cl)C1. The molecule has 94 valence electrons. The van der Waals surface area contributed by atoms with Gasteiger partial charge in [0, 0.05) is 18.8 Å². The summed E-state index contributed by atoms with van der Waals surface area (Å²) in [6.07, 6.45) is 0.0994. The molecule has 1 atom stereocenters. The number of hydrogen-bond acceptors (Lipinski definition) is 4. The number of nitrogens with two attached hydrogens (primary N) is 1. The number of halogens is 1. The van der Waals surface area contributed by atoms with E-state index in [9.17, 15) is 0 Å². The molecule has 1 fully saturated rings. The summed E-state index contributed by atoms with van der Waals surface area (Å²) in [5.41, 5.74) is 6.25. The molecule has 0 saturated carbocycles. The molecule has 1 heterocycles. The smallest absolute Gasteiger partial charge is 0.138 e. The highest BCUT2D eigenvalue weighted by Crippen LogP contribution is 2.26. The Morgan fingerprint density at radius 3 is 3.12 bits per heavy atom. The minimum Gasteiger partial charge on any atom is -0.489 e. The fourth-order valence-electron chi connectivity index (χ4n) is 1.78. The average molecular weight is 257 g/mol. The molecule has 0 spiro atoms. The normalized spacial score (nSPS) is 21.4. The summed E-state index contributed by atoms with van der Waals surface area (Å²) in [7, 11) is 2.08. The highest BCUT2D eigenvalue weighted by Gasteiger charge is 2.18. The lowest BCUT2D eigenvalue weighted by Gasteiger charge is -2.29. The number of morpholine rings is 1. The number of nitrogen functional groups attached to an aromatic ring is 1. The van der Waals surface area contributed by atoms with Crippen LogP contribution in [0.2, 0.25) is 5.02 Å². The molecule has 0 bridgehead atoms. The molecule has 1 aliphatic rings. The van der Waals surface area contributed by atoms with Crippen molar-refractivity contribution in [3.8, 4) is 5.75 Å². The van der Waals surface area contributed by atoms with Gasteiger partial charge in [0.15, 0.2) is 0 Å². The Kier molecular flexibility index (Phi) is 4.10. The van der Waals surface area contributed by atoms with Gasteiger partial charge in [-0.2, -0.15) is 0 Å². The first kappa shape index (κ1) is 12.5. The van der Waals surface area contributed by atoms with Gasteiger partial charge in [-0.1, -0.05) is 11.6 Å². The maximum atomic E-state index is 6.02. The first-order valence-corrected chi connectivity index (χ1v) is 6.01. The van der Waals surface area contributed by atoms with Gasteiger partial charge in [-0.3, -0.25) is 0 Å². The molecule has 0 amide bonds. The Labute approximate surface area is 106 Å². The second-order valence-corrected chi connectivity index (χ2v) is 4.66. The van der Waals surface area contributed by atoms with Crippen molar-refractivity contribution in [1.82, 2.24) is 4.90 Å². The zero-order valence-electron chi connectivity index (χ0n) is 9.86. The van der Waals surface area contributed by atoms with Gasteiger partial charge in [0.05, 0.1) is 11.6 Å². The number of hydrogen-bond donors (Lipinski definition) is 1. The van der Waals surface area contributed by atoms with Crippen LogP contribution in [0.25, 0.3) is 0 Å². The second kappa shape index (κ2) is 5.58. The number of nitrogens with zero attached hydrogens (tertiary/aromatic N) is 1. The molecule has 1 aliphatic heterocycles. The summed E-state index contributed by atoms with van der Waals surface area (Å²) >= 11 is 6.02. The van der Waals surface area contributed by atoms with Gasteiger partial charge < -0.3 is 20.1 Å². The van der Waals surface area contributed by atoms with Crippen LogP contribution in [0.5, 0.6) is 5.75 Å². The molecule has 1 unspecified atom stereocenters. The van der Waals surface area contributed by atoms with Gasteiger partial charge in [0.25, 0.3) is 0 Å². The number of rotatable bonds is 3. The maximum Gasteiger partial charge on any atom is 0.138 e. The topological polar surface area (TPSA) is 47.7 Å². The quantitative estimate of drug-likeness (QED) is 0.836. The van der Waals surface area contributed by atoms with Crippen molar-refractivity contribution in [3.05, 3.63) is 23.2 Å². The van der Waals surface area contributed by atoms with E-state index in [1.165, 1.54) is 0 Å². The monoisotopic (exact) mass is 256 g/mol. The Balaban J connectivity index is 1.88. The van der Waals surface area contributed by atoms with Crippen molar-refractivity contribution < 1.29 is 9.47 Å². The summed E-state index contributed by atoms with van der Waals surface area (Å²) in [6.45, 7) is 3.11. The van der Waals surface area contributed by atoms with Crippen molar-refractivity contribution in [2.24, 2.45) is 0 Å². The molecule has 1 saturated heterocycles. The summed E-state index contributed by atoms with van der Waals surface area (Å²) in [5, 5.41) is 0.536. The standard InChI is InChI=1S/C12H17ClN2O2/c1-15-4-5-16-10(7-15)8-17-12-3-2-9(14)6-11(12)13/h2-3,6,10H,4-5,7-8,14H2,1H3. The molecule has 0 aliphatic carbocycles. The first-order chi connectivity index (χ1) is 8.15. The van der Waals surface area contributed by atoms with Crippen molar-refractivity contribution in [2.45, 2.75) is 6.10 Å². The molecule has 1 aromatic carbocycles. The van der Waals surface area contributed by atoms with E-state index in [-0.39, 0.29) is 6.10 Å². The number of anilines is 1. The van der Waals surface area contributed by atoms with Gasteiger partial charge in [-0.15, -0.1) is 0 Å². The van der Waals surface area contributed by atoms with E-state index in [0.29, 0.717) is 23.1 Å². The van der Waals surface area contributed by atoms with E-state index in [2.05, 4.69) is 11.9 Å². The molecule has 2 N–H and O–H groups in total. The van der Waals surface area contributed by atoms with E-state index in [1.54, 1.807) is 18.2 Å². The largest absolute Gasteiger partial charge is 0.489 e. The molecule has 0 radical (unpaired) electrons. The highest BCUT2D eigenvalue weighted by atomic mass is 35.5. The zero-order chi connectivity index (χ0) is 12.3. The van der Waals surface area contributed by atoms with Crippen molar-refractivity contribution in [1.29, 1.82) is 0 Å². The molecular formula is C12H17ClN2O2. The van der Waals surface area contributed by atoms with Gasteiger partial charge in [-0.05, 0) is 25.2 Å². The third-order valence-corrected chi connectivity index (χ3v) is 3.02. The summed E-state index contributed by atoms with van der Waals surface area (Å²) in [4.78, 5) is 2.22. The lowest BCUT2D eigenvalue weighted by atomic mass is 10.3. The first-order valence-electron chi connectivity index (χ1n) is 5.63. The fourth-order valence-corrected chi connectivity index (χ4v) is 2.03. The van der Waals surface area contributed by atoms with Crippen LogP contribution in [0, 0.1) is 0 Å². The predicted octanol–water partition coefficient (Wildman–Crippen LogP) is 1.63. The summed E-state index contributed by atoms with van der Waals surface area (Å²) in [6, 6.07) is 5.24. The zero-order valence-corrected chi connectivity index (χ0v) is 10.6. The number of likely N-dealkylation sites (N-methyl/N-ethyl adjacent to an activating group) is 1. The van der Waals surface area contributed by atoms with Crippen LogP contribution in [0.15, 0.2) is 18.2 Å². The molecular weight excluding hydrogens is 240 g/mol. The van der Waals surface area contributed by atoms with Gasteiger partial charge in [0.1, 0.15) is 18.5 Å². The number of ether oxygens (including phenoxy) is 2. The van der Waals surface area contributed by atoms with Crippen LogP contribution in [-0.4, -0.2) is 44.4 Å². The average Bonchev–Trinajstić information content (AvgIpc) is 2.28. The van der Waals surface area contributed by atoms with Crippen LogP contribution in [0.3, 0.4) is 0 Å². The van der Waals surface area contributed by atoms with Crippen molar-refractivity contribution in [3.63, 3.8) is 0 Å². The highest BCUT2D eigenvalue weighted by molar-refractivity contribution is 6.32. The third kappa shape index (κ3) is 3.49. The molecule has 17 heavy (non-hydrogen) atoms. The van der Waals surface area contributed by atoms with Crippen LogP contribution >= 0.6 is 11.6 Å². The predicted molar refractivity (Wildman–Crippen MR) is 68.6 cm³/mol. The minimum atomic E-state index is 0.0994. The molecule has 5 heteroatoms. The van der Waals surface area contributed by atoms with E-state index in [1.807, 2.05) is 0 Å².